The van der Waals surface area contributed by atoms with Gasteiger partial charge in [-0.25, -0.2) is 0 Å². The number of hydrogen-bond acceptors (Lipinski definition) is 7. The van der Waals surface area contributed by atoms with Crippen LogP contribution in [0.15, 0.2) is 109 Å². The molecular weight excluding hydrogens is 624 g/mol. The topological polar surface area (TPSA) is 138 Å². The van der Waals surface area contributed by atoms with Crippen molar-refractivity contribution in [2.45, 2.75) is 37.5 Å². The Kier molecular flexibility index (Phi) is 12.9. The van der Waals surface area contributed by atoms with Crippen LogP contribution in [0.25, 0.3) is 0 Å². The number of aliphatic hydroxyl groups excluding tert-OH is 1. The van der Waals surface area contributed by atoms with Crippen LogP contribution in [0, 0.1) is 0 Å². The largest absolute Gasteiger partial charge is 0.497 e. The van der Waals surface area contributed by atoms with Crippen molar-refractivity contribution in [3.8, 4) is 11.5 Å². The standard InChI is InChI=1S/C38H42N4O7/c1-41(28-15-19-30(48-3)20-16-28)37(46)32(23-26-11-7-5-8-12-26)39-35(44)25-34(43)36(45)40-33(24-27-13-9-6-10-14-27)38(47)42(2)29-17-21-31(49-4)22-18-29/h5-22,32-34,43H,23-25H2,1-4H3,(H,39,44)(H,40,45)/t32-,33?,34-/m0/s1. The Morgan fingerprint density at radius 2 is 1.00 bits per heavy atom. The number of hydrogen-bond donors (Lipinski definition) is 3. The minimum absolute atomic E-state index is 0.149. The highest BCUT2D eigenvalue weighted by molar-refractivity contribution is 6.01. The molecule has 4 aromatic carbocycles. The molecule has 4 aromatic rings. The lowest BCUT2D eigenvalue weighted by Gasteiger charge is -2.27. The fourth-order valence-corrected chi connectivity index (χ4v) is 5.22. The predicted octanol–water partition coefficient (Wildman–Crippen LogP) is 3.54. The molecular formula is C38H42N4O7. The first-order valence-electron chi connectivity index (χ1n) is 15.8. The second-order valence-corrected chi connectivity index (χ2v) is 11.5. The van der Waals surface area contributed by atoms with Crippen LogP contribution in [0.4, 0.5) is 11.4 Å². The molecule has 3 N–H and O–H groups in total. The van der Waals surface area contributed by atoms with E-state index in [2.05, 4.69) is 10.6 Å². The monoisotopic (exact) mass is 666 g/mol. The van der Waals surface area contributed by atoms with Crippen LogP contribution < -0.4 is 29.9 Å². The molecule has 4 rings (SSSR count). The third-order valence-electron chi connectivity index (χ3n) is 8.08. The molecule has 0 spiro atoms. The number of methoxy groups -OCH3 is 2. The van der Waals surface area contributed by atoms with E-state index in [9.17, 15) is 24.3 Å². The van der Waals surface area contributed by atoms with Gasteiger partial charge in [0.05, 0.1) is 20.6 Å². The third-order valence-corrected chi connectivity index (χ3v) is 8.08. The Balaban J connectivity index is 1.46. The first-order chi connectivity index (χ1) is 23.6. The van der Waals surface area contributed by atoms with Crippen molar-refractivity contribution < 1.29 is 33.8 Å². The Morgan fingerprint density at radius 3 is 1.39 bits per heavy atom. The van der Waals surface area contributed by atoms with Gasteiger partial charge in [-0.1, -0.05) is 60.7 Å². The van der Waals surface area contributed by atoms with E-state index in [-0.39, 0.29) is 12.8 Å². The molecule has 0 heterocycles. The van der Waals surface area contributed by atoms with E-state index < -0.39 is 48.2 Å². The van der Waals surface area contributed by atoms with E-state index in [1.54, 1.807) is 76.8 Å². The molecule has 4 amide bonds. The molecule has 0 saturated carbocycles. The molecule has 0 radical (unpaired) electrons. The van der Waals surface area contributed by atoms with Crippen LogP contribution in [0.3, 0.4) is 0 Å². The Morgan fingerprint density at radius 1 is 0.612 bits per heavy atom. The second kappa shape index (κ2) is 17.5. The van der Waals surface area contributed by atoms with Crippen molar-refractivity contribution in [1.82, 2.24) is 10.6 Å². The van der Waals surface area contributed by atoms with Crippen molar-refractivity contribution in [3.05, 3.63) is 120 Å². The number of nitrogens with one attached hydrogen (secondary N) is 2. The molecule has 0 fully saturated rings. The van der Waals surface area contributed by atoms with Crippen molar-refractivity contribution in [1.29, 1.82) is 0 Å². The van der Waals surface area contributed by atoms with Crippen LogP contribution in [-0.2, 0) is 32.0 Å². The van der Waals surface area contributed by atoms with Gasteiger partial charge in [0, 0.05) is 38.3 Å². The molecule has 256 valence electrons. The van der Waals surface area contributed by atoms with Crippen LogP contribution in [0.2, 0.25) is 0 Å². The highest BCUT2D eigenvalue weighted by Gasteiger charge is 2.31. The molecule has 11 nitrogen and oxygen atoms in total. The molecule has 1 unspecified atom stereocenters. The number of nitrogens with zero attached hydrogens (tertiary/aromatic N) is 2. The van der Waals surface area contributed by atoms with E-state index in [0.717, 1.165) is 11.1 Å². The number of anilines is 2. The van der Waals surface area contributed by atoms with Crippen LogP contribution >= 0.6 is 0 Å². The van der Waals surface area contributed by atoms with Gasteiger partial charge >= 0.3 is 0 Å². The summed E-state index contributed by atoms with van der Waals surface area (Å²) in [6, 6.07) is 30.1. The zero-order chi connectivity index (χ0) is 35.3. The van der Waals surface area contributed by atoms with Gasteiger partial charge in [-0.05, 0) is 59.7 Å². The summed E-state index contributed by atoms with van der Waals surface area (Å²) in [5, 5.41) is 16.2. The van der Waals surface area contributed by atoms with Crippen molar-refractivity contribution >= 4 is 35.0 Å². The number of carbonyl (C=O) groups excluding carboxylic acids is 4. The summed E-state index contributed by atoms with van der Waals surface area (Å²) in [6.45, 7) is 0. The lowest BCUT2D eigenvalue weighted by Crippen LogP contribution is -2.53. The van der Waals surface area contributed by atoms with Crippen molar-refractivity contribution in [2.75, 3.05) is 38.1 Å². The smallest absolute Gasteiger partial charge is 0.250 e. The molecule has 3 atom stereocenters. The van der Waals surface area contributed by atoms with Crippen LogP contribution in [0.5, 0.6) is 11.5 Å². The number of carbonyl (C=O) groups is 4. The fraction of sp³-hybridized carbons (Fsp3) is 0.263. The van der Waals surface area contributed by atoms with Gasteiger partial charge in [0.1, 0.15) is 29.7 Å². The van der Waals surface area contributed by atoms with E-state index in [0.29, 0.717) is 22.9 Å². The minimum Gasteiger partial charge on any atom is -0.497 e. The number of likely N-dealkylation sites (N-methyl/N-ethyl adjacent to an activating group) is 2. The molecule has 0 aliphatic carbocycles. The maximum atomic E-state index is 13.7. The molecule has 0 saturated heterocycles. The van der Waals surface area contributed by atoms with Crippen LogP contribution in [-0.4, -0.2) is 75.2 Å². The summed E-state index contributed by atoms with van der Waals surface area (Å²) in [6.07, 6.45) is -2.09. The fourth-order valence-electron chi connectivity index (χ4n) is 5.22. The highest BCUT2D eigenvalue weighted by Crippen LogP contribution is 2.21. The van der Waals surface area contributed by atoms with Gasteiger partial charge in [0.2, 0.25) is 23.6 Å². The van der Waals surface area contributed by atoms with E-state index in [4.69, 9.17) is 9.47 Å². The first kappa shape index (κ1) is 36.2. The predicted molar refractivity (Wildman–Crippen MR) is 188 cm³/mol. The average molecular weight is 667 g/mol. The molecule has 49 heavy (non-hydrogen) atoms. The minimum atomic E-state index is -1.79. The number of ether oxygens (including phenoxy) is 2. The summed E-state index contributed by atoms with van der Waals surface area (Å²) >= 11 is 0. The number of benzene rings is 4. The van der Waals surface area contributed by atoms with Gasteiger partial charge in [0.25, 0.3) is 0 Å². The van der Waals surface area contributed by atoms with Crippen LogP contribution in [0.1, 0.15) is 17.5 Å². The quantitative estimate of drug-likeness (QED) is 0.177. The van der Waals surface area contributed by atoms with E-state index in [1.807, 2.05) is 60.7 Å². The van der Waals surface area contributed by atoms with Gasteiger partial charge in [0.15, 0.2) is 0 Å². The Bertz CT molecular complexity index is 1680. The molecule has 0 aromatic heterocycles. The average Bonchev–Trinajstić information content (AvgIpc) is 3.13. The maximum Gasteiger partial charge on any atom is 0.250 e. The first-order valence-corrected chi connectivity index (χ1v) is 15.8. The third kappa shape index (κ3) is 10.2. The molecule has 0 aliphatic rings. The highest BCUT2D eigenvalue weighted by atomic mass is 16.5. The summed E-state index contributed by atoms with van der Waals surface area (Å²) in [5.74, 6) is -1.16. The molecule has 0 aliphatic heterocycles. The van der Waals surface area contributed by atoms with Gasteiger partial charge in [-0.15, -0.1) is 0 Å². The van der Waals surface area contributed by atoms with Crippen molar-refractivity contribution in [2.24, 2.45) is 0 Å². The Hall–Kier alpha value is -5.68. The maximum absolute atomic E-state index is 13.7. The number of rotatable bonds is 15. The van der Waals surface area contributed by atoms with Gasteiger partial charge < -0.3 is 35.0 Å². The summed E-state index contributed by atoms with van der Waals surface area (Å²) < 4.78 is 10.4. The normalized spacial score (nSPS) is 12.5. The zero-order valence-corrected chi connectivity index (χ0v) is 28.0. The second-order valence-electron chi connectivity index (χ2n) is 11.5. The number of amides is 4. The van der Waals surface area contributed by atoms with E-state index in [1.165, 1.54) is 9.80 Å². The lowest BCUT2D eigenvalue weighted by atomic mass is 10.0. The summed E-state index contributed by atoms with van der Waals surface area (Å²) in [5.41, 5.74) is 2.77. The zero-order valence-electron chi connectivity index (χ0n) is 28.0. The van der Waals surface area contributed by atoms with Gasteiger partial charge in [-0.3, -0.25) is 19.2 Å². The molecule has 11 heteroatoms. The summed E-state index contributed by atoms with van der Waals surface area (Å²) in [7, 11) is 6.28. The SMILES string of the molecule is COc1ccc(N(C)C(=O)C(Cc2ccccc2)NC(=O)[C@@H](O)CC(=O)N[C@@H](Cc2ccccc2)C(=O)N(C)c2ccc(OC)cc2)cc1. The number of aliphatic hydroxyl groups is 1. The van der Waals surface area contributed by atoms with Gasteiger partial charge in [-0.2, -0.15) is 0 Å². The molecule has 0 bridgehead atoms. The Labute approximate surface area is 286 Å². The van der Waals surface area contributed by atoms with Crippen molar-refractivity contribution in [3.63, 3.8) is 0 Å². The van der Waals surface area contributed by atoms with E-state index >= 15 is 0 Å². The summed E-state index contributed by atoms with van der Waals surface area (Å²) in [4.78, 5) is 56.7. The lowest BCUT2D eigenvalue weighted by molar-refractivity contribution is -0.137.